The first kappa shape index (κ1) is 17.7. The van der Waals surface area contributed by atoms with Crippen molar-refractivity contribution in [3.8, 4) is 0 Å². The molecule has 2 heteroatoms. The van der Waals surface area contributed by atoms with E-state index in [0.717, 1.165) is 0 Å². The molecule has 0 saturated carbocycles. The van der Waals surface area contributed by atoms with Crippen molar-refractivity contribution in [1.29, 1.82) is 0 Å². The molecule has 0 nitrogen and oxygen atoms in total. The number of aryl methyl sites for hydroxylation is 2. The number of hydrogen-bond acceptors (Lipinski definition) is 0. The minimum Gasteiger partial charge on any atom is -0.0654 e. The zero-order valence-corrected chi connectivity index (χ0v) is 15.5. The molecule has 0 bridgehead atoms. The van der Waals surface area contributed by atoms with Gasteiger partial charge in [0.2, 0.25) is 0 Å². The molecule has 0 spiro atoms. The first-order valence-electron chi connectivity index (χ1n) is 8.42. The summed E-state index contributed by atoms with van der Waals surface area (Å²) >= 11 is 0. The molecule has 0 saturated heterocycles. The van der Waals surface area contributed by atoms with E-state index in [1.165, 1.54) is 76.8 Å². The smallest absolute Gasteiger partial charge is 0.00533 e. The molecule has 0 N–H and O–H groups in total. The second-order valence-electron chi connectivity index (χ2n) is 5.66. The van der Waals surface area contributed by atoms with Gasteiger partial charge in [-0.25, -0.2) is 0 Å². The SMILES string of the molecule is CCCCc1ccccc1[P][P]c1ccccc1CCCC. The molecule has 0 aliphatic heterocycles. The lowest BCUT2D eigenvalue weighted by molar-refractivity contribution is 0.798. The Kier molecular flexibility index (Phi) is 8.14. The number of benzene rings is 2. The van der Waals surface area contributed by atoms with Gasteiger partial charge in [0.25, 0.3) is 0 Å². The van der Waals surface area contributed by atoms with E-state index in [1.807, 2.05) is 0 Å². The summed E-state index contributed by atoms with van der Waals surface area (Å²) < 4.78 is 0. The summed E-state index contributed by atoms with van der Waals surface area (Å²) in [6.45, 7) is 4.53. The average Bonchev–Trinajstić information content (AvgIpc) is 2.57. The van der Waals surface area contributed by atoms with Crippen molar-refractivity contribution in [2.24, 2.45) is 0 Å². The molecule has 2 radical (unpaired) electrons. The summed E-state index contributed by atoms with van der Waals surface area (Å²) in [5, 5.41) is 3.01. The minimum absolute atomic E-state index is 1.21. The highest BCUT2D eigenvalue weighted by atomic mass is 32.0. The first-order chi connectivity index (χ1) is 10.8. The predicted molar refractivity (Wildman–Crippen MR) is 103 cm³/mol. The molecule has 2 aromatic carbocycles. The maximum Gasteiger partial charge on any atom is -0.00533 e. The van der Waals surface area contributed by atoms with Crippen LogP contribution in [0.1, 0.15) is 50.7 Å². The Morgan fingerprint density at radius 3 is 1.45 bits per heavy atom. The summed E-state index contributed by atoms with van der Waals surface area (Å²) in [6, 6.07) is 17.9. The van der Waals surface area contributed by atoms with Gasteiger partial charge in [0.05, 0.1) is 0 Å². The van der Waals surface area contributed by atoms with Crippen molar-refractivity contribution in [2.75, 3.05) is 0 Å². The standard InChI is InChI=1S/C20H26P2/c1-3-5-11-17-13-7-9-15-19(17)21-22-20-16-10-8-14-18(20)12-6-4-2/h7-10,13-16H,3-6,11-12H2,1-2H3. The molecule has 0 amide bonds. The van der Waals surface area contributed by atoms with Crippen LogP contribution in [0.15, 0.2) is 48.5 Å². The summed E-state index contributed by atoms with van der Waals surface area (Å²) in [5.74, 6) is 0. The van der Waals surface area contributed by atoms with Gasteiger partial charge in [0.15, 0.2) is 0 Å². The average molecular weight is 328 g/mol. The Morgan fingerprint density at radius 2 is 1.05 bits per heavy atom. The predicted octanol–water partition coefficient (Wildman–Crippen LogP) is 6.13. The molecule has 0 fully saturated rings. The third-order valence-corrected chi connectivity index (χ3v) is 6.84. The molecule has 0 heterocycles. The van der Waals surface area contributed by atoms with E-state index in [0.29, 0.717) is 0 Å². The second kappa shape index (κ2) is 10.1. The molecule has 0 aromatic heterocycles. The number of hydrogen-bond donors (Lipinski definition) is 0. The number of rotatable bonds is 9. The highest BCUT2D eigenvalue weighted by Crippen LogP contribution is 2.37. The van der Waals surface area contributed by atoms with Gasteiger partial charge < -0.3 is 0 Å². The van der Waals surface area contributed by atoms with Gasteiger partial charge in [-0.05, 0) is 64.0 Å². The Balaban J connectivity index is 2.04. The maximum atomic E-state index is 2.30. The third-order valence-electron chi connectivity index (χ3n) is 3.85. The largest absolute Gasteiger partial charge is 0.0654 e. The Labute approximate surface area is 139 Å². The summed E-state index contributed by atoms with van der Waals surface area (Å²) in [6.07, 6.45) is 7.54. The van der Waals surface area contributed by atoms with Crippen LogP contribution < -0.4 is 10.6 Å². The topological polar surface area (TPSA) is 0 Å². The van der Waals surface area contributed by atoms with Gasteiger partial charge in [-0.1, -0.05) is 75.2 Å². The van der Waals surface area contributed by atoms with E-state index in [4.69, 9.17) is 0 Å². The van der Waals surface area contributed by atoms with E-state index >= 15 is 0 Å². The Morgan fingerprint density at radius 1 is 0.636 bits per heavy atom. The monoisotopic (exact) mass is 328 g/mol. The fourth-order valence-corrected chi connectivity index (χ4v) is 5.45. The zero-order chi connectivity index (χ0) is 15.6. The van der Waals surface area contributed by atoms with Crippen molar-refractivity contribution in [2.45, 2.75) is 52.4 Å². The molecule has 22 heavy (non-hydrogen) atoms. The van der Waals surface area contributed by atoms with Crippen LogP contribution in [-0.4, -0.2) is 0 Å². The minimum atomic E-state index is 1.21. The van der Waals surface area contributed by atoms with Gasteiger partial charge in [0, 0.05) is 0 Å². The van der Waals surface area contributed by atoms with Crippen LogP contribution in [0.4, 0.5) is 0 Å². The van der Waals surface area contributed by atoms with Crippen LogP contribution in [0.25, 0.3) is 0 Å². The van der Waals surface area contributed by atoms with E-state index in [9.17, 15) is 0 Å². The zero-order valence-electron chi connectivity index (χ0n) is 13.8. The van der Waals surface area contributed by atoms with Crippen molar-refractivity contribution in [3.05, 3.63) is 59.7 Å². The fraction of sp³-hybridized carbons (Fsp3) is 0.400. The summed E-state index contributed by atoms with van der Waals surface area (Å²) in [4.78, 5) is 0. The van der Waals surface area contributed by atoms with Gasteiger partial charge in [0.1, 0.15) is 0 Å². The number of unbranched alkanes of at least 4 members (excludes halogenated alkanes) is 2. The lowest BCUT2D eigenvalue weighted by atomic mass is 10.1. The molecule has 116 valence electrons. The molecular weight excluding hydrogens is 302 g/mol. The van der Waals surface area contributed by atoms with Crippen LogP contribution >= 0.6 is 16.5 Å². The second-order valence-corrected chi connectivity index (χ2v) is 8.23. The van der Waals surface area contributed by atoms with Gasteiger partial charge in [-0.2, -0.15) is 0 Å². The van der Waals surface area contributed by atoms with E-state index < -0.39 is 0 Å². The molecular formula is C20H26P2. The van der Waals surface area contributed by atoms with Gasteiger partial charge >= 0.3 is 0 Å². The van der Waals surface area contributed by atoms with Gasteiger partial charge in [-0.15, -0.1) is 0 Å². The van der Waals surface area contributed by atoms with Crippen LogP contribution in [0.3, 0.4) is 0 Å². The Hall–Kier alpha value is -0.700. The van der Waals surface area contributed by atoms with E-state index in [2.05, 4.69) is 62.4 Å². The quantitative estimate of drug-likeness (QED) is 0.486. The first-order valence-corrected chi connectivity index (χ1v) is 10.9. The summed E-state index contributed by atoms with van der Waals surface area (Å²) in [7, 11) is 2.84. The summed E-state index contributed by atoms with van der Waals surface area (Å²) in [5.41, 5.74) is 3.06. The van der Waals surface area contributed by atoms with Crippen molar-refractivity contribution in [1.82, 2.24) is 0 Å². The molecule has 0 atom stereocenters. The van der Waals surface area contributed by atoms with Crippen LogP contribution in [0.5, 0.6) is 0 Å². The molecule has 0 aliphatic carbocycles. The molecule has 2 aromatic rings. The molecule has 0 aliphatic rings. The van der Waals surface area contributed by atoms with Crippen molar-refractivity contribution < 1.29 is 0 Å². The van der Waals surface area contributed by atoms with Crippen LogP contribution in [0.2, 0.25) is 0 Å². The third kappa shape index (κ3) is 5.49. The fourth-order valence-electron chi connectivity index (χ4n) is 2.48. The maximum absolute atomic E-state index is 2.30. The van der Waals surface area contributed by atoms with Crippen molar-refractivity contribution in [3.63, 3.8) is 0 Å². The Bertz CT molecular complexity index is 512. The lowest BCUT2D eigenvalue weighted by Gasteiger charge is -2.10. The van der Waals surface area contributed by atoms with Gasteiger partial charge in [-0.3, -0.25) is 0 Å². The highest BCUT2D eigenvalue weighted by molar-refractivity contribution is 8.18. The molecule has 0 unspecified atom stereocenters. The lowest BCUT2D eigenvalue weighted by Crippen LogP contribution is -2.06. The highest BCUT2D eigenvalue weighted by Gasteiger charge is 2.06. The van der Waals surface area contributed by atoms with E-state index in [1.54, 1.807) is 0 Å². The van der Waals surface area contributed by atoms with E-state index in [-0.39, 0.29) is 0 Å². The van der Waals surface area contributed by atoms with Crippen molar-refractivity contribution >= 4 is 27.1 Å². The van der Waals surface area contributed by atoms with Crippen LogP contribution in [0, 0.1) is 0 Å². The van der Waals surface area contributed by atoms with Crippen LogP contribution in [-0.2, 0) is 12.8 Å². The molecule has 2 rings (SSSR count). The normalized spacial score (nSPS) is 11.9.